The lowest BCUT2D eigenvalue weighted by atomic mass is 10.1. The third kappa shape index (κ3) is 4.58. The Morgan fingerprint density at radius 3 is 2.65 bits per heavy atom. The second-order valence-electron chi connectivity index (χ2n) is 6.58. The fourth-order valence-corrected chi connectivity index (χ4v) is 3.34. The molecule has 0 aliphatic carbocycles. The van der Waals surface area contributed by atoms with Gasteiger partial charge in [0, 0.05) is 29.8 Å². The SMILES string of the molecule is CC1=C(c2ccc(CNC(=O)OC(C)(C)C)c(O)c2)SCN1C. The smallest absolute Gasteiger partial charge is 0.407 e. The van der Waals surface area contributed by atoms with Crippen LogP contribution in [0.15, 0.2) is 23.9 Å². The summed E-state index contributed by atoms with van der Waals surface area (Å²) in [4.78, 5) is 15.0. The minimum Gasteiger partial charge on any atom is -0.508 e. The van der Waals surface area contributed by atoms with E-state index in [2.05, 4.69) is 17.1 Å². The maximum atomic E-state index is 11.7. The number of ether oxygens (including phenoxy) is 1. The molecule has 126 valence electrons. The monoisotopic (exact) mass is 336 g/mol. The van der Waals surface area contributed by atoms with Crippen LogP contribution in [-0.2, 0) is 11.3 Å². The van der Waals surface area contributed by atoms with Crippen LogP contribution in [0.4, 0.5) is 4.79 Å². The van der Waals surface area contributed by atoms with Crippen LogP contribution >= 0.6 is 11.8 Å². The van der Waals surface area contributed by atoms with Gasteiger partial charge >= 0.3 is 6.09 Å². The first-order valence-corrected chi connectivity index (χ1v) is 8.50. The summed E-state index contributed by atoms with van der Waals surface area (Å²) >= 11 is 1.76. The number of nitrogens with zero attached hydrogens (tertiary/aromatic N) is 1. The van der Waals surface area contributed by atoms with Gasteiger partial charge in [-0.05, 0) is 39.3 Å². The molecule has 1 aliphatic heterocycles. The Kier molecular flexibility index (Phi) is 5.14. The van der Waals surface area contributed by atoms with Crippen molar-refractivity contribution in [3.05, 3.63) is 35.0 Å². The van der Waals surface area contributed by atoms with Crippen molar-refractivity contribution in [1.29, 1.82) is 0 Å². The Balaban J connectivity index is 2.05. The fourth-order valence-electron chi connectivity index (χ4n) is 2.16. The average Bonchev–Trinajstić information content (AvgIpc) is 2.76. The molecule has 23 heavy (non-hydrogen) atoms. The molecule has 1 amide bonds. The van der Waals surface area contributed by atoms with Crippen LogP contribution in [0.5, 0.6) is 5.75 Å². The quantitative estimate of drug-likeness (QED) is 0.880. The first kappa shape index (κ1) is 17.5. The number of carbonyl (C=O) groups excluding carboxylic acids is 1. The van der Waals surface area contributed by atoms with E-state index >= 15 is 0 Å². The number of aromatic hydroxyl groups is 1. The summed E-state index contributed by atoms with van der Waals surface area (Å²) in [6.45, 7) is 7.73. The van der Waals surface area contributed by atoms with E-state index in [1.807, 2.05) is 40.0 Å². The summed E-state index contributed by atoms with van der Waals surface area (Å²) in [7, 11) is 2.05. The lowest BCUT2D eigenvalue weighted by Crippen LogP contribution is -2.32. The number of phenols is 1. The van der Waals surface area contributed by atoms with E-state index in [-0.39, 0.29) is 12.3 Å². The molecular formula is C17H24N2O3S. The van der Waals surface area contributed by atoms with E-state index in [1.165, 1.54) is 10.6 Å². The summed E-state index contributed by atoms with van der Waals surface area (Å²) in [6.07, 6.45) is -0.493. The molecule has 6 heteroatoms. The van der Waals surface area contributed by atoms with Crippen LogP contribution in [-0.4, -0.2) is 34.6 Å². The van der Waals surface area contributed by atoms with Crippen LogP contribution in [0.3, 0.4) is 0 Å². The van der Waals surface area contributed by atoms with Crippen molar-refractivity contribution >= 4 is 22.8 Å². The standard InChI is InChI=1S/C17H24N2O3S/c1-11-15(23-10-19(11)5)12-6-7-13(14(20)8-12)9-18-16(21)22-17(2,3)4/h6-8,20H,9-10H2,1-5H3,(H,18,21). The summed E-state index contributed by atoms with van der Waals surface area (Å²) < 4.78 is 5.18. The lowest BCUT2D eigenvalue weighted by Gasteiger charge is -2.19. The minimum absolute atomic E-state index is 0.175. The number of phenolic OH excluding ortho intramolecular Hbond substituents is 1. The summed E-state index contributed by atoms with van der Waals surface area (Å²) in [5.41, 5.74) is 2.32. The van der Waals surface area contributed by atoms with Gasteiger partial charge in [0.15, 0.2) is 0 Å². The molecule has 5 nitrogen and oxygen atoms in total. The second-order valence-corrected chi connectivity index (χ2v) is 7.54. The van der Waals surface area contributed by atoms with Gasteiger partial charge in [0.1, 0.15) is 11.4 Å². The highest BCUT2D eigenvalue weighted by Gasteiger charge is 2.19. The number of amides is 1. The molecule has 2 rings (SSSR count). The predicted molar refractivity (Wildman–Crippen MR) is 94.0 cm³/mol. The molecular weight excluding hydrogens is 312 g/mol. The second kappa shape index (κ2) is 6.74. The van der Waals surface area contributed by atoms with E-state index in [1.54, 1.807) is 17.8 Å². The van der Waals surface area contributed by atoms with Crippen LogP contribution in [0.2, 0.25) is 0 Å². The van der Waals surface area contributed by atoms with E-state index in [4.69, 9.17) is 4.74 Å². The number of allylic oxidation sites excluding steroid dienone is 1. The number of hydrogen-bond acceptors (Lipinski definition) is 5. The molecule has 0 radical (unpaired) electrons. The summed E-state index contributed by atoms with van der Waals surface area (Å²) in [5.74, 6) is 1.10. The largest absolute Gasteiger partial charge is 0.508 e. The number of thioether (sulfide) groups is 1. The molecule has 0 saturated heterocycles. The molecule has 2 N–H and O–H groups in total. The third-order valence-corrected chi connectivity index (χ3v) is 4.81. The van der Waals surface area contributed by atoms with Crippen molar-refractivity contribution in [1.82, 2.24) is 10.2 Å². The van der Waals surface area contributed by atoms with Gasteiger partial charge in [-0.25, -0.2) is 4.79 Å². The van der Waals surface area contributed by atoms with Crippen molar-refractivity contribution in [2.24, 2.45) is 0 Å². The number of carbonyl (C=O) groups is 1. The van der Waals surface area contributed by atoms with Crippen LogP contribution in [0, 0.1) is 0 Å². The van der Waals surface area contributed by atoms with Gasteiger partial charge in [-0.3, -0.25) is 0 Å². The third-order valence-electron chi connectivity index (χ3n) is 3.47. The highest BCUT2D eigenvalue weighted by Crippen LogP contribution is 2.39. The Bertz CT molecular complexity index is 635. The molecule has 0 fully saturated rings. The first-order valence-electron chi connectivity index (χ1n) is 7.51. The normalized spacial score (nSPS) is 15.1. The van der Waals surface area contributed by atoms with E-state index < -0.39 is 11.7 Å². The van der Waals surface area contributed by atoms with Crippen molar-refractivity contribution < 1.29 is 14.6 Å². The first-order chi connectivity index (χ1) is 10.7. The molecule has 0 spiro atoms. The maximum Gasteiger partial charge on any atom is 0.407 e. The number of nitrogens with one attached hydrogen (secondary N) is 1. The van der Waals surface area contributed by atoms with Crippen molar-refractivity contribution in [2.45, 2.75) is 39.8 Å². The van der Waals surface area contributed by atoms with Gasteiger partial charge in [0.25, 0.3) is 0 Å². The fraction of sp³-hybridized carbons (Fsp3) is 0.471. The number of benzene rings is 1. The molecule has 0 atom stereocenters. The van der Waals surface area contributed by atoms with Gasteiger partial charge in [-0.1, -0.05) is 12.1 Å². The molecule has 0 aromatic heterocycles. The maximum absolute atomic E-state index is 11.7. The summed E-state index contributed by atoms with van der Waals surface area (Å²) in [6, 6.07) is 5.55. The lowest BCUT2D eigenvalue weighted by molar-refractivity contribution is 0.0523. The van der Waals surface area contributed by atoms with Crippen LogP contribution in [0.25, 0.3) is 4.91 Å². The molecule has 0 saturated carbocycles. The zero-order valence-corrected chi connectivity index (χ0v) is 15.1. The number of hydrogen-bond donors (Lipinski definition) is 2. The molecule has 1 aromatic rings. The Morgan fingerprint density at radius 2 is 2.13 bits per heavy atom. The molecule has 1 aromatic carbocycles. The van der Waals surface area contributed by atoms with Crippen LogP contribution in [0.1, 0.15) is 38.8 Å². The number of alkyl carbamates (subject to hydrolysis) is 1. The number of rotatable bonds is 3. The summed E-state index contributed by atoms with van der Waals surface area (Å²) in [5, 5.41) is 12.9. The minimum atomic E-state index is -0.536. The van der Waals surface area contributed by atoms with Gasteiger partial charge in [0.2, 0.25) is 0 Å². The zero-order chi connectivity index (χ0) is 17.2. The van der Waals surface area contributed by atoms with Crippen LogP contribution < -0.4 is 5.32 Å². The molecule has 1 aliphatic rings. The van der Waals surface area contributed by atoms with Gasteiger partial charge in [-0.2, -0.15) is 0 Å². The topological polar surface area (TPSA) is 61.8 Å². The average molecular weight is 336 g/mol. The Hall–Kier alpha value is -1.82. The molecule has 0 unspecified atom stereocenters. The predicted octanol–water partition coefficient (Wildman–Crippen LogP) is 3.74. The Labute approximate surface area is 141 Å². The van der Waals surface area contributed by atoms with Gasteiger partial charge in [-0.15, -0.1) is 11.8 Å². The highest BCUT2D eigenvalue weighted by atomic mass is 32.2. The van der Waals surface area contributed by atoms with Crippen molar-refractivity contribution in [3.8, 4) is 5.75 Å². The zero-order valence-electron chi connectivity index (χ0n) is 14.3. The van der Waals surface area contributed by atoms with E-state index in [0.29, 0.717) is 5.56 Å². The van der Waals surface area contributed by atoms with Crippen molar-refractivity contribution in [2.75, 3.05) is 12.9 Å². The van der Waals surface area contributed by atoms with Gasteiger partial charge in [0.05, 0.1) is 5.88 Å². The van der Waals surface area contributed by atoms with Gasteiger partial charge < -0.3 is 20.1 Å². The highest BCUT2D eigenvalue weighted by molar-refractivity contribution is 8.08. The Morgan fingerprint density at radius 1 is 1.43 bits per heavy atom. The molecule has 0 bridgehead atoms. The van der Waals surface area contributed by atoms with Crippen molar-refractivity contribution in [3.63, 3.8) is 0 Å². The van der Waals surface area contributed by atoms with E-state index in [0.717, 1.165) is 11.4 Å². The van der Waals surface area contributed by atoms with E-state index in [9.17, 15) is 9.90 Å². The molecule has 1 heterocycles.